The van der Waals surface area contributed by atoms with Gasteiger partial charge in [0.05, 0.1) is 11.1 Å². The summed E-state index contributed by atoms with van der Waals surface area (Å²) in [6.45, 7) is 0. The van der Waals surface area contributed by atoms with E-state index in [-0.39, 0.29) is 5.56 Å². The summed E-state index contributed by atoms with van der Waals surface area (Å²) in [4.78, 5) is 23.4. The van der Waals surface area contributed by atoms with Crippen molar-refractivity contribution in [3.05, 3.63) is 70.8 Å². The van der Waals surface area contributed by atoms with Gasteiger partial charge in [0.2, 0.25) is 0 Å². The van der Waals surface area contributed by atoms with Gasteiger partial charge >= 0.3 is 12.1 Å². The van der Waals surface area contributed by atoms with Crippen molar-refractivity contribution < 1.29 is 27.5 Å². The van der Waals surface area contributed by atoms with Crippen LogP contribution in [0.15, 0.2) is 48.5 Å². The van der Waals surface area contributed by atoms with Gasteiger partial charge in [-0.15, -0.1) is 0 Å². The van der Waals surface area contributed by atoms with Gasteiger partial charge in [0.1, 0.15) is 10.9 Å². The molecule has 0 spiro atoms. The monoisotopic (exact) mass is 398 g/mol. The zero-order valence-corrected chi connectivity index (χ0v) is 13.6. The number of carbonyl (C=O) groups excluding carboxylic acids is 2. The molecular formula is C17H10BrF3O3. The molecule has 0 saturated heterocycles. The number of ketones is 1. The summed E-state index contributed by atoms with van der Waals surface area (Å²) >= 11 is 3.17. The zero-order valence-electron chi connectivity index (χ0n) is 12.0. The van der Waals surface area contributed by atoms with E-state index in [1.54, 1.807) is 24.3 Å². The number of Topliss-reactive ketones (excluding diaryl/α,β-unsaturated/α-hetero) is 1. The zero-order chi connectivity index (χ0) is 17.5. The third-order valence-corrected chi connectivity index (χ3v) is 4.61. The Kier molecular flexibility index (Phi) is 4.21. The second-order valence-electron chi connectivity index (χ2n) is 5.26. The van der Waals surface area contributed by atoms with E-state index < -0.39 is 34.4 Å². The Balaban J connectivity index is 1.90. The summed E-state index contributed by atoms with van der Waals surface area (Å²) in [5.74, 6) is -1.15. The quantitative estimate of drug-likeness (QED) is 0.432. The molecule has 2 unspecified atom stereocenters. The van der Waals surface area contributed by atoms with Crippen LogP contribution in [0.3, 0.4) is 0 Å². The minimum atomic E-state index is -4.54. The van der Waals surface area contributed by atoms with Crippen LogP contribution in [0.1, 0.15) is 37.9 Å². The summed E-state index contributed by atoms with van der Waals surface area (Å²) < 4.78 is 43.6. The van der Waals surface area contributed by atoms with Crippen LogP contribution >= 0.6 is 15.9 Å². The fraction of sp³-hybridized carbons (Fsp3) is 0.176. The first-order chi connectivity index (χ1) is 11.3. The Morgan fingerprint density at radius 3 is 2.54 bits per heavy atom. The minimum absolute atomic E-state index is 0.105. The van der Waals surface area contributed by atoms with Crippen LogP contribution in [0.2, 0.25) is 0 Å². The Morgan fingerprint density at radius 1 is 1.12 bits per heavy atom. The highest BCUT2D eigenvalue weighted by Gasteiger charge is 2.39. The van der Waals surface area contributed by atoms with Gasteiger partial charge in [-0.2, -0.15) is 13.2 Å². The molecule has 2 aromatic carbocycles. The summed E-state index contributed by atoms with van der Waals surface area (Å²) in [7, 11) is 0. The number of fused-ring (bicyclic) bond motifs is 1. The molecule has 0 saturated carbocycles. The lowest BCUT2D eigenvalue weighted by molar-refractivity contribution is -0.137. The van der Waals surface area contributed by atoms with Crippen LogP contribution in [0.4, 0.5) is 13.2 Å². The summed E-state index contributed by atoms with van der Waals surface area (Å²) in [5, 5.41) is 0. The third kappa shape index (κ3) is 2.96. The first-order valence-electron chi connectivity index (χ1n) is 6.94. The summed E-state index contributed by atoms with van der Waals surface area (Å²) in [6.07, 6.45) is -5.42. The molecule has 124 valence electrons. The number of ether oxygens (including phenoxy) is 1. The molecule has 0 bridgehead atoms. The maximum Gasteiger partial charge on any atom is 0.416 e. The van der Waals surface area contributed by atoms with Gasteiger partial charge in [0.25, 0.3) is 0 Å². The largest absolute Gasteiger partial charge is 0.452 e. The number of benzene rings is 2. The molecule has 1 aliphatic heterocycles. The molecule has 1 heterocycles. The first-order valence-corrected chi connectivity index (χ1v) is 7.86. The van der Waals surface area contributed by atoms with E-state index in [0.29, 0.717) is 11.1 Å². The van der Waals surface area contributed by atoms with Gasteiger partial charge < -0.3 is 4.74 Å². The van der Waals surface area contributed by atoms with E-state index in [1.807, 2.05) is 0 Å². The van der Waals surface area contributed by atoms with Crippen LogP contribution in [-0.2, 0) is 10.9 Å². The molecule has 0 aliphatic carbocycles. The van der Waals surface area contributed by atoms with Gasteiger partial charge in [-0.1, -0.05) is 46.3 Å². The fourth-order valence-corrected chi connectivity index (χ4v) is 3.19. The number of carbonyl (C=O) groups is 2. The van der Waals surface area contributed by atoms with Crippen molar-refractivity contribution in [3.63, 3.8) is 0 Å². The molecule has 0 N–H and O–H groups in total. The number of rotatable bonds is 3. The van der Waals surface area contributed by atoms with Crippen molar-refractivity contribution in [1.29, 1.82) is 0 Å². The lowest BCUT2D eigenvalue weighted by Crippen LogP contribution is -2.23. The Morgan fingerprint density at radius 2 is 1.83 bits per heavy atom. The highest BCUT2D eigenvalue weighted by Crippen LogP contribution is 2.38. The van der Waals surface area contributed by atoms with E-state index in [0.717, 1.165) is 12.1 Å². The van der Waals surface area contributed by atoms with E-state index in [1.165, 1.54) is 12.1 Å². The topological polar surface area (TPSA) is 43.4 Å². The Labute approximate surface area is 143 Å². The second kappa shape index (κ2) is 6.05. The van der Waals surface area contributed by atoms with Gasteiger partial charge in [-0.25, -0.2) is 4.79 Å². The number of alkyl halides is 4. The number of cyclic esters (lactones) is 1. The highest BCUT2D eigenvalue weighted by atomic mass is 79.9. The van der Waals surface area contributed by atoms with Crippen molar-refractivity contribution >= 4 is 27.7 Å². The van der Waals surface area contributed by atoms with E-state index >= 15 is 0 Å². The molecule has 0 radical (unpaired) electrons. The van der Waals surface area contributed by atoms with Crippen molar-refractivity contribution in [2.45, 2.75) is 17.1 Å². The standard InChI is InChI=1S/C17H10BrF3O3/c18-13(15-11-6-1-2-7-12(11)16(23)24-15)14(22)9-4-3-5-10(8-9)17(19,20)21/h1-8,13,15H. The molecule has 3 rings (SSSR count). The Bertz CT molecular complexity index is 817. The molecule has 1 aliphatic rings. The minimum Gasteiger partial charge on any atom is -0.452 e. The SMILES string of the molecule is O=C1OC(C(Br)C(=O)c2cccc(C(F)(F)F)c2)c2ccccc21. The normalized spacial score (nSPS) is 18.0. The predicted molar refractivity (Wildman–Crippen MR) is 83.1 cm³/mol. The molecule has 0 amide bonds. The molecule has 7 heteroatoms. The molecule has 24 heavy (non-hydrogen) atoms. The van der Waals surface area contributed by atoms with Gasteiger partial charge in [-0.3, -0.25) is 4.79 Å². The third-order valence-electron chi connectivity index (χ3n) is 3.71. The predicted octanol–water partition coefficient (Wildman–Crippen LogP) is 4.56. The summed E-state index contributed by atoms with van der Waals surface area (Å²) in [6, 6.07) is 10.7. The molecule has 2 atom stereocenters. The Hall–Kier alpha value is -2.15. The van der Waals surface area contributed by atoms with Crippen molar-refractivity contribution in [1.82, 2.24) is 0 Å². The maximum absolute atomic E-state index is 12.8. The van der Waals surface area contributed by atoms with E-state index in [9.17, 15) is 22.8 Å². The van der Waals surface area contributed by atoms with Crippen molar-refractivity contribution in [3.8, 4) is 0 Å². The number of hydrogen-bond acceptors (Lipinski definition) is 3. The van der Waals surface area contributed by atoms with Crippen LogP contribution in [0.25, 0.3) is 0 Å². The average Bonchev–Trinajstić information content (AvgIpc) is 2.90. The first kappa shape index (κ1) is 16.7. The van der Waals surface area contributed by atoms with Gasteiger partial charge in [-0.05, 0) is 18.2 Å². The van der Waals surface area contributed by atoms with Gasteiger partial charge in [0, 0.05) is 11.1 Å². The maximum atomic E-state index is 12.8. The highest BCUT2D eigenvalue weighted by molar-refractivity contribution is 9.10. The molecule has 2 aromatic rings. The van der Waals surface area contributed by atoms with Crippen molar-refractivity contribution in [2.75, 3.05) is 0 Å². The van der Waals surface area contributed by atoms with Crippen LogP contribution in [0, 0.1) is 0 Å². The number of esters is 1. The van der Waals surface area contributed by atoms with Gasteiger partial charge in [0.15, 0.2) is 5.78 Å². The number of hydrogen-bond donors (Lipinski definition) is 0. The van der Waals surface area contributed by atoms with E-state index in [2.05, 4.69) is 15.9 Å². The molecule has 3 nitrogen and oxygen atoms in total. The van der Waals surface area contributed by atoms with Crippen LogP contribution in [0.5, 0.6) is 0 Å². The summed E-state index contributed by atoms with van der Waals surface area (Å²) in [5.41, 5.74) is -0.127. The number of halogens is 4. The van der Waals surface area contributed by atoms with Crippen molar-refractivity contribution in [2.24, 2.45) is 0 Å². The van der Waals surface area contributed by atoms with E-state index in [4.69, 9.17) is 4.74 Å². The molecule has 0 fully saturated rings. The lowest BCUT2D eigenvalue weighted by atomic mass is 9.97. The van der Waals surface area contributed by atoms with Crippen LogP contribution < -0.4 is 0 Å². The smallest absolute Gasteiger partial charge is 0.416 e. The fourth-order valence-electron chi connectivity index (χ4n) is 2.54. The lowest BCUT2D eigenvalue weighted by Gasteiger charge is -2.17. The molecular weight excluding hydrogens is 389 g/mol. The second-order valence-corrected chi connectivity index (χ2v) is 6.24. The average molecular weight is 399 g/mol. The molecule has 0 aromatic heterocycles. The van der Waals surface area contributed by atoms with Crippen LogP contribution in [-0.4, -0.2) is 16.6 Å².